The molecule has 2 unspecified atom stereocenters. The third kappa shape index (κ3) is 4.55. The molecule has 1 aliphatic rings. The Labute approximate surface area is 156 Å². The lowest BCUT2D eigenvalue weighted by Gasteiger charge is -2.37. The van der Waals surface area contributed by atoms with Crippen molar-refractivity contribution in [1.82, 2.24) is 15.0 Å². The van der Waals surface area contributed by atoms with Gasteiger partial charge in [-0.15, -0.1) is 12.4 Å². The summed E-state index contributed by atoms with van der Waals surface area (Å²) < 4.78 is 11.9. The summed E-state index contributed by atoms with van der Waals surface area (Å²) in [5, 5.41) is 4.09. The fourth-order valence-corrected chi connectivity index (χ4v) is 3.37. The second-order valence-corrected chi connectivity index (χ2v) is 6.68. The number of rotatable bonds is 5. The van der Waals surface area contributed by atoms with Crippen molar-refractivity contribution >= 4 is 28.3 Å². The minimum Gasteiger partial charge on any atom is -0.381 e. The lowest BCUT2D eigenvalue weighted by molar-refractivity contribution is 0.00676. The van der Waals surface area contributed by atoms with Crippen LogP contribution < -0.4 is 5.73 Å². The van der Waals surface area contributed by atoms with E-state index in [0.29, 0.717) is 30.9 Å². The second-order valence-electron chi connectivity index (χ2n) is 5.76. The number of hydrogen-bond donors (Lipinski definition) is 1. The Hall–Kier alpha value is -0.990. The van der Waals surface area contributed by atoms with Crippen LogP contribution in [0.1, 0.15) is 18.7 Å². The van der Waals surface area contributed by atoms with Crippen molar-refractivity contribution in [3.05, 3.63) is 34.6 Å². The van der Waals surface area contributed by atoms with E-state index in [-0.39, 0.29) is 18.4 Å². The second kappa shape index (κ2) is 8.92. The first kappa shape index (κ1) is 19.3. The van der Waals surface area contributed by atoms with Crippen molar-refractivity contribution in [3.8, 4) is 11.4 Å². The zero-order chi connectivity index (χ0) is 16.2. The number of methoxy groups -OCH3 is 1. The molecule has 1 aromatic carbocycles. The van der Waals surface area contributed by atoms with Crippen molar-refractivity contribution in [1.29, 1.82) is 0 Å². The van der Waals surface area contributed by atoms with E-state index in [0.717, 1.165) is 29.4 Å². The van der Waals surface area contributed by atoms with Crippen LogP contribution in [-0.2, 0) is 11.3 Å². The van der Waals surface area contributed by atoms with Gasteiger partial charge in [-0.1, -0.05) is 33.2 Å². The minimum atomic E-state index is 0. The number of piperidine rings is 1. The maximum absolute atomic E-state index is 5.91. The highest BCUT2D eigenvalue weighted by molar-refractivity contribution is 9.10. The zero-order valence-corrected chi connectivity index (χ0v) is 15.9. The van der Waals surface area contributed by atoms with Crippen LogP contribution in [0.2, 0.25) is 0 Å². The van der Waals surface area contributed by atoms with Gasteiger partial charge < -0.3 is 15.0 Å². The van der Waals surface area contributed by atoms with E-state index >= 15 is 0 Å². The van der Waals surface area contributed by atoms with E-state index < -0.39 is 0 Å². The monoisotopic (exact) mass is 416 g/mol. The molecule has 0 amide bonds. The first-order valence-corrected chi connectivity index (χ1v) is 8.54. The molecule has 2 heterocycles. The van der Waals surface area contributed by atoms with Crippen LogP contribution in [0.4, 0.5) is 0 Å². The van der Waals surface area contributed by atoms with E-state index in [9.17, 15) is 0 Å². The summed E-state index contributed by atoms with van der Waals surface area (Å²) in [5.41, 5.74) is 6.84. The molecule has 132 valence electrons. The van der Waals surface area contributed by atoms with Crippen LogP contribution in [0, 0.1) is 0 Å². The highest BCUT2D eigenvalue weighted by Crippen LogP contribution is 2.23. The molecule has 2 atom stereocenters. The standard InChI is InChI=1S/C16H21BrN4O2.ClH/c1-22-14-5-6-21(13(8-14)9-18)10-15-19-16(20-23-15)11-3-2-4-12(17)7-11;/h2-4,7,13-14H,5-6,8-10,18H2,1H3;1H. The lowest BCUT2D eigenvalue weighted by atomic mass is 9.99. The molecule has 1 fully saturated rings. The number of benzene rings is 1. The summed E-state index contributed by atoms with van der Waals surface area (Å²) >= 11 is 3.46. The highest BCUT2D eigenvalue weighted by atomic mass is 79.9. The number of hydrogen-bond acceptors (Lipinski definition) is 6. The fraction of sp³-hybridized carbons (Fsp3) is 0.500. The largest absolute Gasteiger partial charge is 0.381 e. The van der Waals surface area contributed by atoms with Crippen molar-refractivity contribution < 1.29 is 9.26 Å². The molecular formula is C16H22BrClN4O2. The predicted molar refractivity (Wildman–Crippen MR) is 98.0 cm³/mol. The molecule has 0 aliphatic carbocycles. The highest BCUT2D eigenvalue weighted by Gasteiger charge is 2.28. The van der Waals surface area contributed by atoms with Crippen molar-refractivity contribution in [3.63, 3.8) is 0 Å². The van der Waals surface area contributed by atoms with Crippen LogP contribution in [0.5, 0.6) is 0 Å². The number of aromatic nitrogens is 2. The van der Waals surface area contributed by atoms with Gasteiger partial charge in [-0.05, 0) is 25.0 Å². The number of likely N-dealkylation sites (tertiary alicyclic amines) is 1. The summed E-state index contributed by atoms with van der Waals surface area (Å²) in [6.45, 7) is 2.15. The summed E-state index contributed by atoms with van der Waals surface area (Å²) in [7, 11) is 1.76. The molecule has 0 radical (unpaired) electrons. The van der Waals surface area contributed by atoms with Gasteiger partial charge in [0, 0.05) is 36.3 Å². The van der Waals surface area contributed by atoms with E-state index in [4.69, 9.17) is 15.0 Å². The van der Waals surface area contributed by atoms with Gasteiger partial charge in [0.25, 0.3) is 0 Å². The Bertz CT molecular complexity index is 655. The average Bonchev–Trinajstić information content (AvgIpc) is 3.04. The molecular weight excluding hydrogens is 396 g/mol. The molecule has 0 bridgehead atoms. The molecule has 2 aromatic rings. The number of halogens is 2. The quantitative estimate of drug-likeness (QED) is 0.806. The Kier molecular flexibility index (Phi) is 7.18. The Balaban J connectivity index is 0.00000208. The van der Waals surface area contributed by atoms with Crippen LogP contribution in [0.15, 0.2) is 33.3 Å². The Morgan fingerprint density at radius 1 is 1.46 bits per heavy atom. The summed E-state index contributed by atoms with van der Waals surface area (Å²) in [6, 6.07) is 8.15. The van der Waals surface area contributed by atoms with Gasteiger partial charge in [-0.25, -0.2) is 0 Å². The molecule has 1 aromatic heterocycles. The Morgan fingerprint density at radius 2 is 2.29 bits per heavy atom. The van der Waals surface area contributed by atoms with Gasteiger partial charge in [0.15, 0.2) is 0 Å². The maximum atomic E-state index is 5.91. The molecule has 3 rings (SSSR count). The summed E-state index contributed by atoms with van der Waals surface area (Å²) in [4.78, 5) is 6.81. The zero-order valence-electron chi connectivity index (χ0n) is 13.5. The molecule has 24 heavy (non-hydrogen) atoms. The summed E-state index contributed by atoms with van der Waals surface area (Å²) in [6.07, 6.45) is 2.24. The Morgan fingerprint density at radius 3 is 3.00 bits per heavy atom. The van der Waals surface area contributed by atoms with Gasteiger partial charge in [-0.3, -0.25) is 4.90 Å². The first-order chi connectivity index (χ1) is 11.2. The topological polar surface area (TPSA) is 77.4 Å². The minimum absolute atomic E-state index is 0. The third-order valence-corrected chi connectivity index (χ3v) is 4.78. The smallest absolute Gasteiger partial charge is 0.241 e. The van der Waals surface area contributed by atoms with Crippen LogP contribution in [0.25, 0.3) is 11.4 Å². The van der Waals surface area contributed by atoms with E-state index in [2.05, 4.69) is 31.0 Å². The molecule has 2 N–H and O–H groups in total. The maximum Gasteiger partial charge on any atom is 0.241 e. The molecule has 1 saturated heterocycles. The molecule has 8 heteroatoms. The van der Waals surface area contributed by atoms with Gasteiger partial charge in [0.2, 0.25) is 11.7 Å². The third-order valence-electron chi connectivity index (χ3n) is 4.28. The molecule has 0 saturated carbocycles. The number of nitrogens with two attached hydrogens (primary N) is 1. The van der Waals surface area contributed by atoms with E-state index in [1.54, 1.807) is 7.11 Å². The van der Waals surface area contributed by atoms with E-state index in [1.165, 1.54) is 0 Å². The predicted octanol–water partition coefficient (Wildman–Crippen LogP) is 2.86. The van der Waals surface area contributed by atoms with Crippen molar-refractivity contribution in [2.24, 2.45) is 5.73 Å². The van der Waals surface area contributed by atoms with Gasteiger partial charge in [0.05, 0.1) is 12.6 Å². The normalized spacial score (nSPS) is 21.5. The van der Waals surface area contributed by atoms with Crippen molar-refractivity contribution in [2.45, 2.75) is 31.5 Å². The average molecular weight is 418 g/mol. The number of nitrogens with zero attached hydrogens (tertiary/aromatic N) is 3. The fourth-order valence-electron chi connectivity index (χ4n) is 2.97. The first-order valence-electron chi connectivity index (χ1n) is 7.75. The SMILES string of the molecule is COC1CCN(Cc2nc(-c3cccc(Br)c3)no2)C(CN)C1.Cl. The van der Waals surface area contributed by atoms with Gasteiger partial charge in [0.1, 0.15) is 0 Å². The van der Waals surface area contributed by atoms with Crippen molar-refractivity contribution in [2.75, 3.05) is 20.2 Å². The lowest BCUT2D eigenvalue weighted by Crippen LogP contribution is -2.48. The van der Waals surface area contributed by atoms with E-state index in [1.807, 2.05) is 24.3 Å². The molecule has 0 spiro atoms. The van der Waals surface area contributed by atoms with Crippen LogP contribution >= 0.6 is 28.3 Å². The number of ether oxygens (including phenoxy) is 1. The van der Waals surface area contributed by atoms with Gasteiger partial charge >= 0.3 is 0 Å². The van der Waals surface area contributed by atoms with Gasteiger partial charge in [-0.2, -0.15) is 4.98 Å². The van der Waals surface area contributed by atoms with Crippen LogP contribution in [0.3, 0.4) is 0 Å². The van der Waals surface area contributed by atoms with Crippen LogP contribution in [-0.4, -0.2) is 47.4 Å². The molecule has 1 aliphatic heterocycles. The summed E-state index contributed by atoms with van der Waals surface area (Å²) in [5.74, 6) is 1.23. The molecule has 6 nitrogen and oxygen atoms in total.